The van der Waals surface area contributed by atoms with E-state index in [4.69, 9.17) is 4.42 Å². The summed E-state index contributed by atoms with van der Waals surface area (Å²) >= 11 is 0. The lowest BCUT2D eigenvalue weighted by Gasteiger charge is -2.01. The Morgan fingerprint density at radius 2 is 1.72 bits per heavy atom. The number of furan rings is 1. The molecule has 0 radical (unpaired) electrons. The highest BCUT2D eigenvalue weighted by Gasteiger charge is 2.09. The number of hydrogen-bond donors (Lipinski definition) is 1. The van der Waals surface area contributed by atoms with Crippen LogP contribution in [0.4, 0.5) is 0 Å². The molecule has 18 heavy (non-hydrogen) atoms. The Hall–Kier alpha value is -2.22. The normalized spacial score (nSPS) is 10.9. The fraction of sp³-hybridized carbons (Fsp3) is 0.125. The summed E-state index contributed by atoms with van der Waals surface area (Å²) in [6, 6.07) is 15.7. The average molecular weight is 238 g/mol. The lowest BCUT2D eigenvalue weighted by atomic mass is 10.0. The number of aromatic hydroxyl groups is 1. The van der Waals surface area contributed by atoms with Crippen LogP contribution in [0.5, 0.6) is 5.75 Å². The summed E-state index contributed by atoms with van der Waals surface area (Å²) in [5.74, 6) is 0.296. The van der Waals surface area contributed by atoms with Crippen molar-refractivity contribution in [1.82, 2.24) is 0 Å². The number of rotatable bonds is 3. The van der Waals surface area contributed by atoms with Crippen LogP contribution in [-0.2, 0) is 12.8 Å². The number of phenols is 1. The van der Waals surface area contributed by atoms with Crippen LogP contribution in [0.2, 0.25) is 0 Å². The summed E-state index contributed by atoms with van der Waals surface area (Å²) in [6.45, 7) is 0. The molecule has 1 N–H and O–H groups in total. The number of phenolic OH excluding ortho intramolecular Hbond substituents is 1. The van der Waals surface area contributed by atoms with Crippen LogP contribution in [0.15, 0.2) is 59.2 Å². The summed E-state index contributed by atoms with van der Waals surface area (Å²) < 4.78 is 5.46. The fourth-order valence-corrected chi connectivity index (χ4v) is 2.24. The summed E-state index contributed by atoms with van der Waals surface area (Å²) in [4.78, 5) is 0. The van der Waals surface area contributed by atoms with Crippen molar-refractivity contribution >= 4 is 11.0 Å². The first-order chi connectivity index (χ1) is 8.84. The van der Waals surface area contributed by atoms with Gasteiger partial charge in [0.15, 0.2) is 0 Å². The van der Waals surface area contributed by atoms with Gasteiger partial charge in [0.2, 0.25) is 0 Å². The summed E-state index contributed by atoms with van der Waals surface area (Å²) in [7, 11) is 0. The molecule has 0 aliphatic carbocycles. The van der Waals surface area contributed by atoms with Crippen molar-refractivity contribution in [2.75, 3.05) is 0 Å². The third-order valence-electron chi connectivity index (χ3n) is 3.18. The second-order valence-electron chi connectivity index (χ2n) is 4.40. The predicted octanol–water partition coefficient (Wildman–Crippen LogP) is 3.92. The maximum Gasteiger partial charge on any atom is 0.137 e. The van der Waals surface area contributed by atoms with E-state index in [1.165, 1.54) is 5.56 Å². The first-order valence-corrected chi connectivity index (χ1v) is 6.06. The van der Waals surface area contributed by atoms with Crippen molar-refractivity contribution in [1.29, 1.82) is 0 Å². The molecule has 1 aromatic heterocycles. The van der Waals surface area contributed by atoms with E-state index in [0.29, 0.717) is 5.75 Å². The molecular weight excluding hydrogens is 224 g/mol. The third-order valence-corrected chi connectivity index (χ3v) is 3.18. The zero-order valence-electron chi connectivity index (χ0n) is 9.97. The van der Waals surface area contributed by atoms with Gasteiger partial charge in [-0.2, -0.15) is 0 Å². The highest BCUT2D eigenvalue weighted by atomic mass is 16.3. The molecule has 0 fully saturated rings. The van der Waals surface area contributed by atoms with E-state index < -0.39 is 0 Å². The molecule has 0 amide bonds. The molecule has 2 nitrogen and oxygen atoms in total. The summed E-state index contributed by atoms with van der Waals surface area (Å²) in [5, 5.41) is 10.7. The van der Waals surface area contributed by atoms with Crippen LogP contribution < -0.4 is 0 Å². The number of fused-ring (bicyclic) bond motifs is 1. The fourth-order valence-electron chi connectivity index (χ4n) is 2.24. The number of benzene rings is 2. The quantitative estimate of drug-likeness (QED) is 0.750. The molecule has 90 valence electrons. The zero-order chi connectivity index (χ0) is 12.4. The number of hydrogen-bond acceptors (Lipinski definition) is 2. The molecule has 0 saturated carbocycles. The van der Waals surface area contributed by atoms with Crippen LogP contribution in [0.1, 0.15) is 11.1 Å². The van der Waals surface area contributed by atoms with Crippen molar-refractivity contribution in [3.05, 3.63) is 65.9 Å². The van der Waals surface area contributed by atoms with Gasteiger partial charge in [0.05, 0.1) is 11.6 Å². The minimum absolute atomic E-state index is 0.296. The Kier molecular flexibility index (Phi) is 2.77. The molecule has 0 bridgehead atoms. The molecular formula is C16H14O2. The van der Waals surface area contributed by atoms with E-state index in [0.717, 1.165) is 29.4 Å². The van der Waals surface area contributed by atoms with E-state index in [1.807, 2.05) is 24.3 Å². The van der Waals surface area contributed by atoms with Crippen LogP contribution in [-0.4, -0.2) is 5.11 Å². The Morgan fingerprint density at radius 3 is 2.56 bits per heavy atom. The van der Waals surface area contributed by atoms with Gasteiger partial charge in [-0.3, -0.25) is 0 Å². The van der Waals surface area contributed by atoms with E-state index >= 15 is 0 Å². The average Bonchev–Trinajstić information content (AvgIpc) is 2.82. The smallest absolute Gasteiger partial charge is 0.137 e. The van der Waals surface area contributed by atoms with Crippen molar-refractivity contribution in [3.63, 3.8) is 0 Å². The highest BCUT2D eigenvalue weighted by Crippen LogP contribution is 2.30. The van der Waals surface area contributed by atoms with E-state index in [1.54, 1.807) is 18.4 Å². The minimum Gasteiger partial charge on any atom is -0.507 e. The maximum absolute atomic E-state index is 9.88. The van der Waals surface area contributed by atoms with Gasteiger partial charge in [0.1, 0.15) is 11.3 Å². The number of aryl methyl sites for hydroxylation is 2. The zero-order valence-corrected chi connectivity index (χ0v) is 9.97. The summed E-state index contributed by atoms with van der Waals surface area (Å²) in [6.07, 6.45) is 3.56. The van der Waals surface area contributed by atoms with Crippen LogP contribution in [0.25, 0.3) is 11.0 Å². The molecule has 3 aromatic rings. The van der Waals surface area contributed by atoms with E-state index in [2.05, 4.69) is 12.1 Å². The van der Waals surface area contributed by atoms with Gasteiger partial charge < -0.3 is 9.52 Å². The van der Waals surface area contributed by atoms with E-state index in [9.17, 15) is 5.11 Å². The van der Waals surface area contributed by atoms with Gasteiger partial charge in [-0.05, 0) is 30.5 Å². The van der Waals surface area contributed by atoms with E-state index in [-0.39, 0.29) is 0 Å². The maximum atomic E-state index is 9.88. The first-order valence-electron chi connectivity index (χ1n) is 6.06. The second-order valence-corrected chi connectivity index (χ2v) is 4.40. The van der Waals surface area contributed by atoms with Gasteiger partial charge in [0.25, 0.3) is 0 Å². The Balaban J connectivity index is 1.87. The molecule has 0 aliphatic rings. The lowest BCUT2D eigenvalue weighted by Crippen LogP contribution is -1.89. The molecule has 0 spiro atoms. The highest BCUT2D eigenvalue weighted by molar-refractivity contribution is 5.87. The SMILES string of the molecule is Oc1cccc2occ(CCc3ccccc3)c12. The summed E-state index contributed by atoms with van der Waals surface area (Å²) in [5.41, 5.74) is 3.10. The van der Waals surface area contributed by atoms with Crippen LogP contribution in [0.3, 0.4) is 0 Å². The molecule has 0 atom stereocenters. The molecule has 0 unspecified atom stereocenters. The Labute approximate surface area is 105 Å². The van der Waals surface area contributed by atoms with Crippen molar-refractivity contribution in [2.45, 2.75) is 12.8 Å². The van der Waals surface area contributed by atoms with Crippen LogP contribution >= 0.6 is 0 Å². The first kappa shape index (κ1) is 10.9. The topological polar surface area (TPSA) is 33.4 Å². The molecule has 0 saturated heterocycles. The van der Waals surface area contributed by atoms with Gasteiger partial charge in [0, 0.05) is 5.56 Å². The van der Waals surface area contributed by atoms with Crippen LogP contribution in [0, 0.1) is 0 Å². The van der Waals surface area contributed by atoms with Crippen molar-refractivity contribution < 1.29 is 9.52 Å². The standard InChI is InChI=1S/C16H14O2/c17-14-7-4-8-15-16(14)13(11-18-15)10-9-12-5-2-1-3-6-12/h1-8,11,17H,9-10H2. The minimum atomic E-state index is 0.296. The van der Waals surface area contributed by atoms with Crippen molar-refractivity contribution in [2.24, 2.45) is 0 Å². The van der Waals surface area contributed by atoms with Gasteiger partial charge in [-0.1, -0.05) is 36.4 Å². The second kappa shape index (κ2) is 4.57. The van der Waals surface area contributed by atoms with Gasteiger partial charge >= 0.3 is 0 Å². The third kappa shape index (κ3) is 1.97. The molecule has 1 heterocycles. The molecule has 0 aliphatic heterocycles. The Bertz CT molecular complexity index is 653. The molecule has 3 rings (SSSR count). The monoisotopic (exact) mass is 238 g/mol. The molecule has 2 aromatic carbocycles. The van der Waals surface area contributed by atoms with Gasteiger partial charge in [-0.25, -0.2) is 0 Å². The lowest BCUT2D eigenvalue weighted by molar-refractivity contribution is 0.481. The van der Waals surface area contributed by atoms with Crippen molar-refractivity contribution in [3.8, 4) is 5.75 Å². The predicted molar refractivity (Wildman–Crippen MR) is 71.7 cm³/mol. The molecule has 2 heteroatoms. The Morgan fingerprint density at radius 1 is 0.889 bits per heavy atom. The van der Waals surface area contributed by atoms with Gasteiger partial charge in [-0.15, -0.1) is 0 Å². The largest absolute Gasteiger partial charge is 0.507 e.